The molecule has 27 heavy (non-hydrogen) atoms. The minimum absolute atomic E-state index is 0.138. The molecule has 0 spiro atoms. The smallest absolute Gasteiger partial charge is 0.267 e. The number of rotatable bonds is 6. The second kappa shape index (κ2) is 7.38. The van der Waals surface area contributed by atoms with E-state index in [0.29, 0.717) is 11.5 Å². The van der Waals surface area contributed by atoms with Gasteiger partial charge in [0.2, 0.25) is 0 Å². The highest BCUT2D eigenvalue weighted by Gasteiger charge is 2.17. The van der Waals surface area contributed by atoms with Crippen LogP contribution in [0.4, 0.5) is 5.69 Å². The zero-order valence-corrected chi connectivity index (χ0v) is 16.0. The zero-order chi connectivity index (χ0) is 18.8. The molecule has 0 aliphatic heterocycles. The number of ether oxygens (including phenoxy) is 1. The van der Waals surface area contributed by atoms with Gasteiger partial charge in [0.15, 0.2) is 5.13 Å². The molecule has 0 fully saturated rings. The van der Waals surface area contributed by atoms with Crippen LogP contribution in [0.5, 0.6) is 0 Å². The molecule has 1 aromatic carbocycles. The highest BCUT2D eigenvalue weighted by Crippen LogP contribution is 2.27. The molecule has 4 rings (SSSR count). The third kappa shape index (κ3) is 3.39. The SMILES string of the molecule is COCCn1ccc2c(NC(=O)c3sc(-n4cccc4)nc3C)cccc21. The summed E-state index contributed by atoms with van der Waals surface area (Å²) in [4.78, 5) is 18.0. The number of carbonyl (C=O) groups excluding carboxylic acids is 1. The van der Waals surface area contributed by atoms with Crippen molar-refractivity contribution in [3.63, 3.8) is 0 Å². The summed E-state index contributed by atoms with van der Waals surface area (Å²) in [7, 11) is 1.69. The van der Waals surface area contributed by atoms with E-state index >= 15 is 0 Å². The number of amides is 1. The fraction of sp³-hybridized carbons (Fsp3) is 0.200. The molecule has 0 aliphatic rings. The lowest BCUT2D eigenvalue weighted by Crippen LogP contribution is -2.11. The Morgan fingerprint density at radius 1 is 1.19 bits per heavy atom. The summed E-state index contributed by atoms with van der Waals surface area (Å²) in [6, 6.07) is 11.8. The molecule has 3 heterocycles. The van der Waals surface area contributed by atoms with Crippen molar-refractivity contribution in [3.05, 3.63) is 65.6 Å². The first-order chi connectivity index (χ1) is 13.2. The molecule has 6 nitrogen and oxygen atoms in total. The molecule has 0 bridgehead atoms. The van der Waals surface area contributed by atoms with Crippen LogP contribution >= 0.6 is 11.3 Å². The van der Waals surface area contributed by atoms with Gasteiger partial charge in [0, 0.05) is 37.6 Å². The lowest BCUT2D eigenvalue weighted by molar-refractivity contribution is 0.103. The molecule has 1 amide bonds. The molecule has 1 N–H and O–H groups in total. The normalized spacial score (nSPS) is 11.2. The van der Waals surface area contributed by atoms with Crippen molar-refractivity contribution in [3.8, 4) is 5.13 Å². The maximum Gasteiger partial charge on any atom is 0.267 e. The molecule has 7 heteroatoms. The second-order valence-corrected chi connectivity index (χ2v) is 7.17. The molecular weight excluding hydrogens is 360 g/mol. The number of hydrogen-bond donors (Lipinski definition) is 1. The van der Waals surface area contributed by atoms with Gasteiger partial charge in [-0.2, -0.15) is 0 Å². The van der Waals surface area contributed by atoms with Crippen molar-refractivity contribution in [2.45, 2.75) is 13.5 Å². The van der Waals surface area contributed by atoms with Crippen molar-refractivity contribution >= 4 is 33.8 Å². The van der Waals surface area contributed by atoms with Gasteiger partial charge < -0.3 is 19.2 Å². The number of nitrogens with zero attached hydrogens (tertiary/aromatic N) is 3. The van der Waals surface area contributed by atoms with E-state index in [1.54, 1.807) is 7.11 Å². The fourth-order valence-corrected chi connectivity index (χ4v) is 3.99. The number of aromatic nitrogens is 3. The van der Waals surface area contributed by atoms with Gasteiger partial charge in [0.05, 0.1) is 23.5 Å². The number of benzene rings is 1. The Kier molecular flexibility index (Phi) is 4.79. The van der Waals surface area contributed by atoms with Crippen LogP contribution in [0, 0.1) is 6.92 Å². The number of anilines is 1. The summed E-state index contributed by atoms with van der Waals surface area (Å²) >= 11 is 1.38. The maximum atomic E-state index is 12.9. The number of aryl methyl sites for hydroxylation is 1. The highest BCUT2D eigenvalue weighted by molar-refractivity contribution is 7.16. The van der Waals surface area contributed by atoms with E-state index in [1.165, 1.54) is 11.3 Å². The van der Waals surface area contributed by atoms with Gasteiger partial charge in [-0.3, -0.25) is 4.79 Å². The number of methoxy groups -OCH3 is 1. The van der Waals surface area contributed by atoms with Gasteiger partial charge in [-0.05, 0) is 37.3 Å². The molecule has 0 saturated carbocycles. The van der Waals surface area contributed by atoms with E-state index in [9.17, 15) is 4.79 Å². The van der Waals surface area contributed by atoms with Crippen molar-refractivity contribution in [1.29, 1.82) is 0 Å². The van der Waals surface area contributed by atoms with Crippen LogP contribution in [-0.2, 0) is 11.3 Å². The Labute approximate surface area is 161 Å². The third-order valence-electron chi connectivity index (χ3n) is 4.42. The molecule has 4 aromatic rings. The number of thiazole rings is 1. The van der Waals surface area contributed by atoms with Crippen molar-refractivity contribution < 1.29 is 9.53 Å². The first-order valence-corrected chi connectivity index (χ1v) is 9.48. The fourth-order valence-electron chi connectivity index (χ4n) is 3.06. The van der Waals surface area contributed by atoms with Gasteiger partial charge in [0.1, 0.15) is 4.88 Å². The summed E-state index contributed by atoms with van der Waals surface area (Å²) in [6.07, 6.45) is 5.86. The minimum Gasteiger partial charge on any atom is -0.383 e. The average Bonchev–Trinajstić information content (AvgIpc) is 3.39. The zero-order valence-electron chi connectivity index (χ0n) is 15.2. The van der Waals surface area contributed by atoms with Gasteiger partial charge in [-0.25, -0.2) is 4.98 Å². The molecule has 0 radical (unpaired) electrons. The molecule has 138 valence electrons. The molecular formula is C20H20N4O2S. The Hall–Kier alpha value is -2.90. The van der Waals surface area contributed by atoms with Crippen LogP contribution in [0.25, 0.3) is 16.0 Å². The van der Waals surface area contributed by atoms with Gasteiger partial charge >= 0.3 is 0 Å². The van der Waals surface area contributed by atoms with E-state index < -0.39 is 0 Å². The molecule has 0 atom stereocenters. The number of nitrogens with one attached hydrogen (secondary N) is 1. The van der Waals surface area contributed by atoms with E-state index in [2.05, 4.69) is 14.9 Å². The molecule has 0 unspecified atom stereocenters. The predicted molar refractivity (Wildman–Crippen MR) is 108 cm³/mol. The van der Waals surface area contributed by atoms with E-state index in [4.69, 9.17) is 4.74 Å². The van der Waals surface area contributed by atoms with Crippen LogP contribution in [0.1, 0.15) is 15.4 Å². The molecule has 0 aliphatic carbocycles. The predicted octanol–water partition coefficient (Wildman–Crippen LogP) is 4.10. The Morgan fingerprint density at radius 2 is 2.00 bits per heavy atom. The maximum absolute atomic E-state index is 12.9. The first-order valence-electron chi connectivity index (χ1n) is 8.66. The van der Waals surface area contributed by atoms with Crippen LogP contribution < -0.4 is 5.32 Å². The van der Waals surface area contributed by atoms with E-state index in [1.807, 2.05) is 66.5 Å². The van der Waals surface area contributed by atoms with Gasteiger partial charge in [0.25, 0.3) is 5.91 Å². The minimum atomic E-state index is -0.138. The topological polar surface area (TPSA) is 61.1 Å². The van der Waals surface area contributed by atoms with Crippen molar-refractivity contribution in [1.82, 2.24) is 14.1 Å². The summed E-state index contributed by atoms with van der Waals surface area (Å²) in [6.45, 7) is 3.27. The molecule has 0 saturated heterocycles. The summed E-state index contributed by atoms with van der Waals surface area (Å²) < 4.78 is 9.19. The standard InChI is InChI=1S/C20H20N4O2S/c1-14-18(27-20(21-14)24-9-3-4-10-24)19(25)22-16-6-5-7-17-15(16)8-11-23(17)12-13-26-2/h3-11H,12-13H2,1-2H3,(H,22,25). The number of hydrogen-bond acceptors (Lipinski definition) is 4. The monoisotopic (exact) mass is 380 g/mol. The lowest BCUT2D eigenvalue weighted by Gasteiger charge is -2.08. The molecule has 3 aromatic heterocycles. The van der Waals surface area contributed by atoms with E-state index in [-0.39, 0.29) is 5.91 Å². The van der Waals surface area contributed by atoms with Crippen molar-refractivity contribution in [2.24, 2.45) is 0 Å². The third-order valence-corrected chi connectivity index (χ3v) is 5.58. The largest absolute Gasteiger partial charge is 0.383 e. The van der Waals surface area contributed by atoms with Gasteiger partial charge in [-0.15, -0.1) is 0 Å². The Morgan fingerprint density at radius 3 is 2.78 bits per heavy atom. The second-order valence-electron chi connectivity index (χ2n) is 6.20. The van der Waals surface area contributed by atoms with Crippen molar-refractivity contribution in [2.75, 3.05) is 19.0 Å². The highest BCUT2D eigenvalue weighted by atomic mass is 32.1. The van der Waals surface area contributed by atoms with Crippen LogP contribution in [0.2, 0.25) is 0 Å². The van der Waals surface area contributed by atoms with E-state index in [0.717, 1.165) is 34.0 Å². The summed E-state index contributed by atoms with van der Waals surface area (Å²) in [5.74, 6) is -0.138. The Balaban J connectivity index is 1.61. The van der Waals surface area contributed by atoms with Crippen LogP contribution in [0.15, 0.2) is 55.0 Å². The first kappa shape index (κ1) is 17.5. The lowest BCUT2D eigenvalue weighted by atomic mass is 10.2. The summed E-state index contributed by atoms with van der Waals surface area (Å²) in [5.41, 5.74) is 2.59. The van der Waals surface area contributed by atoms with Crippen LogP contribution in [0.3, 0.4) is 0 Å². The average molecular weight is 380 g/mol. The quantitative estimate of drug-likeness (QED) is 0.548. The van der Waals surface area contributed by atoms with Gasteiger partial charge in [-0.1, -0.05) is 17.4 Å². The number of carbonyl (C=O) groups is 1. The number of fused-ring (bicyclic) bond motifs is 1. The summed E-state index contributed by atoms with van der Waals surface area (Å²) in [5, 5.41) is 4.84. The van der Waals surface area contributed by atoms with Crippen LogP contribution in [-0.4, -0.2) is 33.7 Å². The Bertz CT molecular complexity index is 1080.